The summed E-state index contributed by atoms with van der Waals surface area (Å²) < 4.78 is 5.82. The third-order valence-electron chi connectivity index (χ3n) is 3.56. The largest absolute Gasteiger partial charge is 0.507 e. The maximum atomic E-state index is 11.1. The molecule has 0 aliphatic carbocycles. The van der Waals surface area contributed by atoms with Crippen molar-refractivity contribution in [3.8, 4) is 23.8 Å². The summed E-state index contributed by atoms with van der Waals surface area (Å²) in [4.78, 5) is 11.1. The Morgan fingerprint density at radius 3 is 2.57 bits per heavy atom. The molecule has 0 aromatic heterocycles. The molecular weight excluding hydrogens is 268 g/mol. The van der Waals surface area contributed by atoms with Crippen molar-refractivity contribution in [3.05, 3.63) is 59.2 Å². The van der Waals surface area contributed by atoms with Crippen LogP contribution in [0.5, 0.6) is 11.5 Å². The van der Waals surface area contributed by atoms with E-state index in [9.17, 15) is 9.90 Å². The lowest BCUT2D eigenvalue weighted by molar-refractivity contribution is 0.0693. The molecule has 1 aliphatic rings. The van der Waals surface area contributed by atoms with Crippen LogP contribution in [-0.2, 0) is 0 Å². The number of carboxylic acid groups (broad SMARTS) is 1. The molecule has 0 spiro atoms. The van der Waals surface area contributed by atoms with Crippen molar-refractivity contribution in [2.24, 2.45) is 0 Å². The summed E-state index contributed by atoms with van der Waals surface area (Å²) in [6.45, 7) is 0. The zero-order chi connectivity index (χ0) is 15.0. The van der Waals surface area contributed by atoms with E-state index < -0.39 is 5.97 Å². The lowest BCUT2D eigenvalue weighted by atomic mass is 9.91. The highest BCUT2D eigenvalue weighted by molar-refractivity contribution is 5.91. The number of hydrogen-bond donors (Lipinski definition) is 2. The first kappa shape index (κ1) is 13.1. The Morgan fingerprint density at radius 2 is 1.95 bits per heavy atom. The number of aromatic hydroxyl groups is 1. The normalized spacial score (nSPS) is 19.4. The fourth-order valence-corrected chi connectivity index (χ4v) is 2.55. The van der Waals surface area contributed by atoms with Gasteiger partial charge in [0.2, 0.25) is 0 Å². The highest BCUT2D eigenvalue weighted by Gasteiger charge is 2.35. The van der Waals surface area contributed by atoms with Gasteiger partial charge in [0.25, 0.3) is 0 Å². The maximum Gasteiger partial charge on any atom is 0.339 e. The summed E-state index contributed by atoms with van der Waals surface area (Å²) in [6.07, 6.45) is 5.22. The first-order valence-electron chi connectivity index (χ1n) is 6.39. The number of hydrogen-bond acceptors (Lipinski definition) is 3. The molecule has 1 aliphatic heterocycles. The van der Waals surface area contributed by atoms with E-state index in [2.05, 4.69) is 5.92 Å². The first-order valence-corrected chi connectivity index (χ1v) is 6.39. The van der Waals surface area contributed by atoms with Gasteiger partial charge in [-0.2, -0.15) is 0 Å². The maximum absolute atomic E-state index is 11.1. The minimum absolute atomic E-state index is 0.175. The van der Waals surface area contributed by atoms with Crippen molar-refractivity contribution in [2.45, 2.75) is 12.0 Å². The summed E-state index contributed by atoms with van der Waals surface area (Å²) in [5.74, 6) is 1.16. The van der Waals surface area contributed by atoms with Crippen molar-refractivity contribution in [1.29, 1.82) is 0 Å². The van der Waals surface area contributed by atoms with E-state index in [0.717, 1.165) is 5.56 Å². The SMILES string of the molecule is C#CC1c2cc(C(=O)O)c(O)cc2OC1c1ccccc1. The lowest BCUT2D eigenvalue weighted by Gasteiger charge is -2.14. The molecule has 2 unspecified atom stereocenters. The van der Waals surface area contributed by atoms with Crippen molar-refractivity contribution < 1.29 is 19.7 Å². The van der Waals surface area contributed by atoms with Crippen molar-refractivity contribution >= 4 is 5.97 Å². The van der Waals surface area contributed by atoms with Crippen LogP contribution in [0.4, 0.5) is 0 Å². The fraction of sp³-hybridized carbons (Fsp3) is 0.118. The van der Waals surface area contributed by atoms with Crippen molar-refractivity contribution in [3.63, 3.8) is 0 Å². The molecule has 4 nitrogen and oxygen atoms in total. The van der Waals surface area contributed by atoms with Gasteiger partial charge in [-0.3, -0.25) is 0 Å². The van der Waals surface area contributed by atoms with Crippen molar-refractivity contribution in [2.75, 3.05) is 0 Å². The number of carboxylic acids is 1. The van der Waals surface area contributed by atoms with E-state index in [1.54, 1.807) is 0 Å². The molecule has 2 aromatic carbocycles. The number of aromatic carboxylic acids is 1. The standard InChI is InChI=1S/C17H12O4/c1-2-11-12-8-13(17(19)20)14(18)9-15(12)21-16(11)10-6-4-3-5-7-10/h1,3-9,11,16,18H,(H,19,20). The van der Waals surface area contributed by atoms with Gasteiger partial charge in [-0.15, -0.1) is 6.42 Å². The van der Waals surface area contributed by atoms with Gasteiger partial charge in [-0.1, -0.05) is 36.3 Å². The second-order valence-corrected chi connectivity index (χ2v) is 4.81. The van der Waals surface area contributed by atoms with E-state index in [4.69, 9.17) is 16.3 Å². The Morgan fingerprint density at radius 1 is 1.24 bits per heavy atom. The van der Waals surface area contributed by atoms with Crippen LogP contribution < -0.4 is 4.74 Å². The molecule has 21 heavy (non-hydrogen) atoms. The first-order chi connectivity index (χ1) is 10.1. The van der Waals surface area contributed by atoms with E-state index in [1.807, 2.05) is 30.3 Å². The third kappa shape index (κ3) is 2.09. The molecule has 104 valence electrons. The molecule has 0 saturated heterocycles. The van der Waals surface area contributed by atoms with E-state index in [-0.39, 0.29) is 23.3 Å². The average Bonchev–Trinajstić information content (AvgIpc) is 2.84. The molecule has 2 atom stereocenters. The van der Waals surface area contributed by atoms with E-state index in [1.165, 1.54) is 12.1 Å². The number of terminal acetylenes is 1. The molecule has 1 heterocycles. The van der Waals surface area contributed by atoms with Gasteiger partial charge in [0.15, 0.2) is 0 Å². The molecule has 0 saturated carbocycles. The number of fused-ring (bicyclic) bond motifs is 1. The summed E-state index contributed by atoms with van der Waals surface area (Å²) in [5.41, 5.74) is 1.35. The van der Waals surface area contributed by atoms with E-state index in [0.29, 0.717) is 11.3 Å². The number of rotatable bonds is 2. The predicted molar refractivity (Wildman–Crippen MR) is 76.5 cm³/mol. The molecule has 4 heteroatoms. The topological polar surface area (TPSA) is 66.8 Å². The molecule has 0 amide bonds. The van der Waals surface area contributed by atoms with Crippen LogP contribution in [0, 0.1) is 12.3 Å². The average molecular weight is 280 g/mol. The summed E-state index contributed by atoms with van der Waals surface area (Å²) in [7, 11) is 0. The number of phenols is 1. The van der Waals surface area contributed by atoms with Crippen LogP contribution >= 0.6 is 0 Å². The van der Waals surface area contributed by atoms with E-state index >= 15 is 0 Å². The van der Waals surface area contributed by atoms with Crippen LogP contribution in [0.2, 0.25) is 0 Å². The lowest BCUT2D eigenvalue weighted by Crippen LogP contribution is -2.08. The van der Waals surface area contributed by atoms with Crippen LogP contribution in [0.3, 0.4) is 0 Å². The minimum atomic E-state index is -1.20. The second-order valence-electron chi connectivity index (χ2n) is 4.81. The van der Waals surface area contributed by atoms with Crippen molar-refractivity contribution in [1.82, 2.24) is 0 Å². The molecule has 2 aromatic rings. The summed E-state index contributed by atoms with van der Waals surface area (Å²) in [6, 6.07) is 12.2. The van der Waals surface area contributed by atoms with Gasteiger partial charge in [-0.05, 0) is 11.6 Å². The molecule has 0 bridgehead atoms. The highest BCUT2D eigenvalue weighted by atomic mass is 16.5. The third-order valence-corrected chi connectivity index (χ3v) is 3.56. The minimum Gasteiger partial charge on any atom is -0.507 e. The van der Waals surface area contributed by atoms with Crippen LogP contribution in [0.25, 0.3) is 0 Å². The molecule has 3 rings (SSSR count). The smallest absolute Gasteiger partial charge is 0.339 e. The number of benzene rings is 2. The van der Waals surface area contributed by atoms with Gasteiger partial charge >= 0.3 is 5.97 Å². The number of carbonyl (C=O) groups is 1. The molecule has 0 fully saturated rings. The van der Waals surface area contributed by atoms with Crippen LogP contribution in [0.15, 0.2) is 42.5 Å². The monoisotopic (exact) mass is 280 g/mol. The molecule has 0 radical (unpaired) electrons. The van der Waals surface area contributed by atoms with Crippen LogP contribution in [-0.4, -0.2) is 16.2 Å². The highest BCUT2D eigenvalue weighted by Crippen LogP contribution is 2.47. The Bertz CT molecular complexity index is 743. The Kier molecular flexibility index (Phi) is 3.03. The Balaban J connectivity index is 2.09. The summed E-state index contributed by atoms with van der Waals surface area (Å²) >= 11 is 0. The quantitative estimate of drug-likeness (QED) is 0.830. The zero-order valence-corrected chi connectivity index (χ0v) is 11.0. The fourth-order valence-electron chi connectivity index (χ4n) is 2.55. The molecular formula is C17H12O4. The predicted octanol–water partition coefficient (Wildman–Crippen LogP) is 2.94. The number of ether oxygens (including phenoxy) is 1. The van der Waals surface area contributed by atoms with Gasteiger partial charge in [0, 0.05) is 11.6 Å². The summed E-state index contributed by atoms with van der Waals surface area (Å²) in [5, 5.41) is 18.8. The molecule has 2 N–H and O–H groups in total. The zero-order valence-electron chi connectivity index (χ0n) is 11.0. The van der Waals surface area contributed by atoms with Gasteiger partial charge in [0.1, 0.15) is 23.2 Å². The Hall–Kier alpha value is -2.93. The van der Waals surface area contributed by atoms with Gasteiger partial charge in [-0.25, -0.2) is 4.79 Å². The van der Waals surface area contributed by atoms with Crippen LogP contribution in [0.1, 0.15) is 33.5 Å². The van der Waals surface area contributed by atoms with Gasteiger partial charge in [0.05, 0.1) is 5.92 Å². The second kappa shape index (κ2) is 4.88. The Labute approximate surface area is 121 Å². The van der Waals surface area contributed by atoms with Gasteiger partial charge < -0.3 is 14.9 Å².